The number of benzene rings is 2. The number of furan rings is 1. The Morgan fingerprint density at radius 3 is 2.73 bits per heavy atom. The second kappa shape index (κ2) is 9.86. The first-order chi connectivity index (χ1) is 14.7. The number of rotatable bonds is 7. The van der Waals surface area contributed by atoms with Crippen LogP contribution in [0.2, 0.25) is 0 Å². The van der Waals surface area contributed by atoms with E-state index in [-0.39, 0.29) is 18.3 Å². The van der Waals surface area contributed by atoms with Crippen molar-refractivity contribution >= 4 is 35.6 Å². The molecule has 2 aromatic carbocycles. The second-order valence-corrected chi connectivity index (χ2v) is 9.16. The maximum atomic E-state index is 13.3. The summed E-state index contributed by atoms with van der Waals surface area (Å²) in [7, 11) is 0. The number of nitrogens with zero attached hydrogens (tertiary/aromatic N) is 1. The van der Waals surface area contributed by atoms with Crippen LogP contribution in [0.15, 0.2) is 70.2 Å². The van der Waals surface area contributed by atoms with Gasteiger partial charge >= 0.3 is 0 Å². The van der Waals surface area contributed by atoms with Crippen LogP contribution in [-0.4, -0.2) is 30.2 Å². The summed E-state index contributed by atoms with van der Waals surface area (Å²) >= 11 is 3.89. The molecule has 1 aromatic heterocycles. The molecule has 1 aliphatic rings. The fourth-order valence-corrected chi connectivity index (χ4v) is 5.70. The lowest BCUT2D eigenvalue weighted by Crippen LogP contribution is -2.24. The van der Waals surface area contributed by atoms with Crippen molar-refractivity contribution in [3.8, 4) is 17.1 Å². The van der Waals surface area contributed by atoms with E-state index in [1.807, 2.05) is 47.8 Å². The van der Waals surface area contributed by atoms with Gasteiger partial charge in [0.25, 0.3) is 5.91 Å². The van der Waals surface area contributed by atoms with Gasteiger partial charge in [-0.25, -0.2) is 9.82 Å². The van der Waals surface area contributed by atoms with Gasteiger partial charge in [-0.15, -0.1) is 23.5 Å². The second-order valence-electron chi connectivity index (χ2n) is 6.44. The summed E-state index contributed by atoms with van der Waals surface area (Å²) in [5.41, 5.74) is 4.29. The monoisotopic (exact) mass is 442 g/mol. The van der Waals surface area contributed by atoms with Gasteiger partial charge < -0.3 is 9.15 Å². The fraction of sp³-hybridized carbons (Fsp3) is 0.182. The average molecular weight is 443 g/mol. The van der Waals surface area contributed by atoms with Gasteiger partial charge in [0.2, 0.25) is 0 Å². The molecule has 8 heteroatoms. The normalized spacial score (nSPS) is 14.3. The first-order valence-electron chi connectivity index (χ1n) is 9.31. The van der Waals surface area contributed by atoms with Crippen molar-refractivity contribution < 1.29 is 18.3 Å². The maximum Gasteiger partial charge on any atom is 0.277 e. The Hall–Kier alpha value is -2.71. The Bertz CT molecular complexity index is 1030. The van der Waals surface area contributed by atoms with E-state index in [2.05, 4.69) is 10.5 Å². The molecule has 30 heavy (non-hydrogen) atoms. The van der Waals surface area contributed by atoms with Gasteiger partial charge in [-0.1, -0.05) is 24.3 Å². The van der Waals surface area contributed by atoms with Crippen LogP contribution in [0, 0.1) is 5.82 Å². The van der Waals surface area contributed by atoms with Crippen LogP contribution in [0.4, 0.5) is 4.39 Å². The molecule has 2 heterocycles. The van der Waals surface area contributed by atoms with E-state index in [9.17, 15) is 9.18 Å². The fourth-order valence-electron chi connectivity index (χ4n) is 2.84. The van der Waals surface area contributed by atoms with E-state index in [1.54, 1.807) is 24.3 Å². The van der Waals surface area contributed by atoms with Gasteiger partial charge in [0.1, 0.15) is 23.1 Å². The van der Waals surface area contributed by atoms with Gasteiger partial charge in [0.15, 0.2) is 6.61 Å². The Morgan fingerprint density at radius 1 is 1.17 bits per heavy atom. The lowest BCUT2D eigenvalue weighted by Gasteiger charge is -2.09. The third-order valence-electron chi connectivity index (χ3n) is 4.26. The van der Waals surface area contributed by atoms with Crippen molar-refractivity contribution in [2.45, 2.75) is 4.58 Å². The SMILES string of the molecule is O=C(COc1ccc(C2SCCS2)cc1)N/N=C\c1ccc(-c2cccc(F)c2)o1. The number of carbonyl (C=O) groups is 1. The first kappa shape index (κ1) is 20.6. The number of carbonyl (C=O) groups excluding carboxylic acids is 1. The van der Waals surface area contributed by atoms with Crippen molar-refractivity contribution in [3.63, 3.8) is 0 Å². The smallest absolute Gasteiger partial charge is 0.277 e. The molecule has 0 saturated carbocycles. The van der Waals surface area contributed by atoms with Crippen LogP contribution in [-0.2, 0) is 4.79 Å². The Balaban J connectivity index is 1.24. The number of hydrazone groups is 1. The molecule has 0 radical (unpaired) electrons. The molecule has 0 bridgehead atoms. The van der Waals surface area contributed by atoms with Crippen LogP contribution < -0.4 is 10.2 Å². The molecular formula is C22H19FN2O3S2. The molecule has 4 rings (SSSR count). The average Bonchev–Trinajstić information content (AvgIpc) is 3.45. The Labute approximate surface area is 182 Å². The zero-order valence-corrected chi connectivity index (χ0v) is 17.5. The molecular weight excluding hydrogens is 423 g/mol. The predicted molar refractivity (Wildman–Crippen MR) is 119 cm³/mol. The van der Waals surface area contributed by atoms with E-state index in [0.717, 1.165) is 0 Å². The maximum absolute atomic E-state index is 13.3. The van der Waals surface area contributed by atoms with Crippen LogP contribution >= 0.6 is 23.5 Å². The number of hydrogen-bond acceptors (Lipinski definition) is 6. The molecule has 0 aliphatic carbocycles. The molecule has 1 fully saturated rings. The highest BCUT2D eigenvalue weighted by Crippen LogP contribution is 2.45. The van der Waals surface area contributed by atoms with Crippen molar-refractivity contribution in [1.82, 2.24) is 5.43 Å². The van der Waals surface area contributed by atoms with Crippen LogP contribution in [0.3, 0.4) is 0 Å². The molecule has 154 valence electrons. The minimum absolute atomic E-state index is 0.143. The van der Waals surface area contributed by atoms with Crippen molar-refractivity contribution in [2.24, 2.45) is 5.10 Å². The van der Waals surface area contributed by atoms with E-state index in [1.165, 1.54) is 35.4 Å². The van der Waals surface area contributed by atoms with E-state index in [0.29, 0.717) is 27.4 Å². The highest BCUT2D eigenvalue weighted by atomic mass is 32.2. The first-order valence-corrected chi connectivity index (χ1v) is 11.4. The number of amides is 1. The highest BCUT2D eigenvalue weighted by Gasteiger charge is 2.18. The largest absolute Gasteiger partial charge is 0.484 e. The molecule has 0 spiro atoms. The number of halogens is 1. The Morgan fingerprint density at radius 2 is 1.97 bits per heavy atom. The molecule has 1 amide bonds. The minimum Gasteiger partial charge on any atom is -0.484 e. The molecule has 3 aromatic rings. The van der Waals surface area contributed by atoms with Crippen molar-refractivity contribution in [2.75, 3.05) is 18.1 Å². The van der Waals surface area contributed by atoms with Crippen molar-refractivity contribution in [1.29, 1.82) is 0 Å². The Kier molecular flexibility index (Phi) is 6.76. The predicted octanol–water partition coefficient (Wildman–Crippen LogP) is 5.09. The summed E-state index contributed by atoms with van der Waals surface area (Å²) in [4.78, 5) is 11.9. The summed E-state index contributed by atoms with van der Waals surface area (Å²) in [6.45, 7) is -0.143. The topological polar surface area (TPSA) is 63.8 Å². The molecule has 0 atom stereocenters. The number of hydrogen-bond donors (Lipinski definition) is 1. The van der Waals surface area contributed by atoms with Gasteiger partial charge in [-0.2, -0.15) is 5.10 Å². The van der Waals surface area contributed by atoms with Gasteiger partial charge in [0, 0.05) is 17.1 Å². The zero-order valence-electron chi connectivity index (χ0n) is 15.9. The summed E-state index contributed by atoms with van der Waals surface area (Å²) in [5, 5.41) is 3.87. The third kappa shape index (κ3) is 5.46. The summed E-state index contributed by atoms with van der Waals surface area (Å²) in [6, 6.07) is 17.3. The van der Waals surface area contributed by atoms with Crippen LogP contribution in [0.5, 0.6) is 5.75 Å². The minimum atomic E-state index is -0.380. The van der Waals surface area contributed by atoms with E-state index in [4.69, 9.17) is 9.15 Å². The molecule has 0 unspecified atom stereocenters. The van der Waals surface area contributed by atoms with E-state index < -0.39 is 0 Å². The molecule has 5 nitrogen and oxygen atoms in total. The number of ether oxygens (including phenoxy) is 1. The lowest BCUT2D eigenvalue weighted by molar-refractivity contribution is -0.123. The van der Waals surface area contributed by atoms with Gasteiger partial charge in [-0.3, -0.25) is 4.79 Å². The van der Waals surface area contributed by atoms with Gasteiger partial charge in [-0.05, 0) is 42.0 Å². The van der Waals surface area contributed by atoms with E-state index >= 15 is 0 Å². The van der Waals surface area contributed by atoms with Crippen LogP contribution in [0.1, 0.15) is 15.9 Å². The standard InChI is InChI=1S/C22H19FN2O3S2/c23-17-3-1-2-16(12-17)20-9-8-19(28-20)13-24-25-21(26)14-27-18-6-4-15(5-7-18)22-29-10-11-30-22/h1-9,12-13,22H,10-11,14H2,(H,25,26)/b24-13-. The summed E-state index contributed by atoms with van der Waals surface area (Å²) in [5.74, 6) is 3.23. The number of nitrogens with one attached hydrogen (secondary N) is 1. The highest BCUT2D eigenvalue weighted by molar-refractivity contribution is 8.19. The van der Waals surface area contributed by atoms with Crippen molar-refractivity contribution in [3.05, 3.63) is 77.8 Å². The lowest BCUT2D eigenvalue weighted by atomic mass is 10.2. The third-order valence-corrected chi connectivity index (χ3v) is 7.37. The molecule has 1 N–H and O–H groups in total. The zero-order chi connectivity index (χ0) is 20.8. The summed E-state index contributed by atoms with van der Waals surface area (Å²) < 4.78 is 24.9. The molecule has 1 aliphatic heterocycles. The van der Waals surface area contributed by atoms with Crippen LogP contribution in [0.25, 0.3) is 11.3 Å². The van der Waals surface area contributed by atoms with Gasteiger partial charge in [0.05, 0.1) is 10.8 Å². The number of thioether (sulfide) groups is 2. The quantitative estimate of drug-likeness (QED) is 0.408. The molecule has 1 saturated heterocycles. The summed E-state index contributed by atoms with van der Waals surface area (Å²) in [6.07, 6.45) is 1.38.